The highest BCUT2D eigenvalue weighted by Crippen LogP contribution is 2.66. The lowest BCUT2D eigenvalue weighted by Gasteiger charge is -2.25. The smallest absolute Gasteiger partial charge is 0.386 e. The number of anilines is 1. The number of nitrogens with two attached hydrogens (primary N) is 1. The first-order valence-corrected chi connectivity index (χ1v) is 13.9. The van der Waals surface area contributed by atoms with Gasteiger partial charge in [0.15, 0.2) is 11.9 Å². The summed E-state index contributed by atoms with van der Waals surface area (Å²) in [6.07, 6.45) is -1.31. The third-order valence-electron chi connectivity index (χ3n) is 4.49. The van der Waals surface area contributed by atoms with E-state index in [1.165, 1.54) is 0 Å². The number of alkyl halides is 1. The highest BCUT2D eigenvalue weighted by Gasteiger charge is 2.60. The minimum absolute atomic E-state index is 0.0486. The van der Waals surface area contributed by atoms with Gasteiger partial charge in [0, 0.05) is 0 Å². The zero-order valence-electron chi connectivity index (χ0n) is 17.1. The number of halogens is 1. The molecule has 0 bridgehead atoms. The molecule has 0 saturated carbocycles. The zero-order valence-corrected chi connectivity index (χ0v) is 20.6. The van der Waals surface area contributed by atoms with Gasteiger partial charge in [-0.3, -0.25) is 9.09 Å². The summed E-state index contributed by atoms with van der Waals surface area (Å²) in [5.41, 5.74) is 2.62. The molecule has 0 aliphatic carbocycles. The molecule has 8 N–H and O–H groups in total. The predicted octanol–water partition coefficient (Wildman–Crippen LogP) is 0.403. The Morgan fingerprint density at radius 1 is 1.34 bits per heavy atom. The maximum absolute atomic E-state index is 15.7. The van der Waals surface area contributed by atoms with Crippen LogP contribution in [-0.2, 0) is 31.6 Å². The SMILES string of the molecule is C#CC1(F)[C@@H](O)[C@@H]([C@@H](C)OP(=O)(O)OP(=O)(O)OP(=O)(O)O)O[C@H]1n1cnc2c(=S)[nH]c(N)nc21. The fourth-order valence-corrected chi connectivity index (χ4v) is 6.63. The van der Waals surface area contributed by atoms with Gasteiger partial charge in [0.2, 0.25) is 11.6 Å². The van der Waals surface area contributed by atoms with Crippen molar-refractivity contribution in [3.8, 4) is 12.3 Å². The predicted molar refractivity (Wildman–Crippen MR) is 114 cm³/mol. The lowest BCUT2D eigenvalue weighted by Crippen LogP contribution is -2.44. The van der Waals surface area contributed by atoms with Gasteiger partial charge >= 0.3 is 23.5 Å². The summed E-state index contributed by atoms with van der Waals surface area (Å²) >= 11 is 5.07. The van der Waals surface area contributed by atoms with Crippen molar-refractivity contribution in [1.82, 2.24) is 19.5 Å². The number of terminal acetylenes is 1. The summed E-state index contributed by atoms with van der Waals surface area (Å²) in [5.74, 6) is 1.58. The molecule has 17 nitrogen and oxygen atoms in total. The number of nitrogen functional groups attached to an aromatic ring is 1. The lowest BCUT2D eigenvalue weighted by molar-refractivity contribution is -0.0754. The van der Waals surface area contributed by atoms with Crippen LogP contribution in [0.2, 0.25) is 0 Å². The molecule has 0 aromatic carbocycles. The maximum Gasteiger partial charge on any atom is 0.490 e. The van der Waals surface area contributed by atoms with E-state index in [2.05, 4.69) is 28.1 Å². The Labute approximate surface area is 199 Å². The van der Waals surface area contributed by atoms with Crippen molar-refractivity contribution in [2.24, 2.45) is 0 Å². The van der Waals surface area contributed by atoms with E-state index in [9.17, 15) is 28.6 Å². The van der Waals surface area contributed by atoms with Gasteiger partial charge in [-0.1, -0.05) is 18.1 Å². The van der Waals surface area contributed by atoms with Crippen LogP contribution in [0.5, 0.6) is 0 Å². The molecule has 0 amide bonds. The first-order valence-electron chi connectivity index (χ1n) is 8.94. The molecule has 2 aromatic rings. The van der Waals surface area contributed by atoms with Gasteiger partial charge in [0.1, 0.15) is 22.4 Å². The monoisotopic (exact) mass is 579 g/mol. The van der Waals surface area contributed by atoms with Crippen LogP contribution >= 0.6 is 35.7 Å². The van der Waals surface area contributed by atoms with Gasteiger partial charge in [0.05, 0.1) is 12.4 Å². The number of nitrogens with zero attached hydrogens (tertiary/aromatic N) is 3. The highest BCUT2D eigenvalue weighted by atomic mass is 32.1. The van der Waals surface area contributed by atoms with Gasteiger partial charge < -0.3 is 40.1 Å². The number of phosphoric acid groups is 3. The number of rotatable bonds is 8. The second-order valence-corrected chi connectivity index (χ2v) is 11.8. The Balaban J connectivity index is 1.89. The molecule has 0 radical (unpaired) electrons. The number of aromatic amines is 1. The van der Waals surface area contributed by atoms with Crippen LogP contribution in [0.25, 0.3) is 11.2 Å². The van der Waals surface area contributed by atoms with Crippen LogP contribution in [-0.4, -0.2) is 68.2 Å². The first-order chi connectivity index (χ1) is 15.9. The number of ether oxygens (including phenoxy) is 1. The Morgan fingerprint density at radius 2 is 1.97 bits per heavy atom. The van der Waals surface area contributed by atoms with Gasteiger partial charge in [-0.2, -0.15) is 13.6 Å². The number of aliphatic hydroxyl groups is 1. The van der Waals surface area contributed by atoms with Crippen LogP contribution < -0.4 is 5.73 Å². The number of imidazole rings is 1. The Hall–Kier alpha value is -1.61. The van der Waals surface area contributed by atoms with Crippen molar-refractivity contribution < 1.29 is 60.6 Å². The highest BCUT2D eigenvalue weighted by molar-refractivity contribution is 7.71. The van der Waals surface area contributed by atoms with Crippen molar-refractivity contribution in [1.29, 1.82) is 0 Å². The Bertz CT molecular complexity index is 1390. The molecule has 7 atom stereocenters. The minimum atomic E-state index is -5.81. The summed E-state index contributed by atoms with van der Waals surface area (Å²) < 4.78 is 68.3. The standard InChI is InChI=1S/C13H17FN5O12P3S/c1-3-13(14)8(20)7(5(2)29-33(24,25)31-34(26,27)30-32(21,22)23)28-11(13)19-4-16-6-9(19)17-12(15)18-10(6)35/h1,4-5,7-8,11,20H,2H3,(H,24,25)(H,26,27)(H2,21,22,23)(H3,15,17,18,35)/t5-,7-,8+,11-,13?/m1/s1. The van der Waals surface area contributed by atoms with E-state index in [1.54, 1.807) is 5.92 Å². The number of hydrogen-bond acceptors (Lipinski definition) is 12. The molecule has 1 fully saturated rings. The Morgan fingerprint density at radius 3 is 2.54 bits per heavy atom. The van der Waals surface area contributed by atoms with Gasteiger partial charge in [0.25, 0.3) is 0 Å². The average Bonchev–Trinajstić information content (AvgIpc) is 3.18. The number of aliphatic hydroxyl groups excluding tert-OH is 1. The number of H-pyrrole nitrogens is 1. The van der Waals surface area contributed by atoms with Crippen LogP contribution in [0.1, 0.15) is 13.2 Å². The van der Waals surface area contributed by atoms with Gasteiger partial charge in [-0.25, -0.2) is 23.1 Å². The van der Waals surface area contributed by atoms with Crippen molar-refractivity contribution in [2.45, 2.75) is 37.1 Å². The van der Waals surface area contributed by atoms with Crippen molar-refractivity contribution in [3.63, 3.8) is 0 Å². The van der Waals surface area contributed by atoms with Crippen molar-refractivity contribution in [3.05, 3.63) is 11.0 Å². The molecule has 3 rings (SSSR count). The molecule has 1 saturated heterocycles. The van der Waals surface area contributed by atoms with Gasteiger partial charge in [-0.05, 0) is 6.92 Å². The van der Waals surface area contributed by atoms with E-state index in [-0.39, 0.29) is 21.8 Å². The quantitative estimate of drug-likeness (QED) is 0.127. The maximum atomic E-state index is 15.7. The summed E-state index contributed by atoms with van der Waals surface area (Å²) in [7, 11) is -17.1. The Kier molecular flexibility index (Phi) is 7.48. The fraction of sp³-hybridized carbons (Fsp3) is 0.462. The average molecular weight is 579 g/mol. The molecule has 2 aromatic heterocycles. The lowest BCUT2D eigenvalue weighted by atomic mass is 9.95. The number of phosphoric ester groups is 1. The van der Waals surface area contributed by atoms with Crippen molar-refractivity contribution >= 4 is 52.8 Å². The summed E-state index contributed by atoms with van der Waals surface area (Å²) in [6.45, 7) is 0.976. The number of hydrogen-bond donors (Lipinski definition) is 7. The van der Waals surface area contributed by atoms with E-state index in [0.29, 0.717) is 0 Å². The molecule has 0 spiro atoms. The minimum Gasteiger partial charge on any atom is -0.386 e. The van der Waals surface area contributed by atoms with E-state index in [1.807, 2.05) is 0 Å². The summed E-state index contributed by atoms with van der Waals surface area (Å²) in [5, 5.41) is 10.5. The molecule has 1 aliphatic rings. The van der Waals surface area contributed by atoms with E-state index < -0.39 is 53.7 Å². The summed E-state index contributed by atoms with van der Waals surface area (Å²) in [6, 6.07) is 0. The van der Waals surface area contributed by atoms with E-state index in [0.717, 1.165) is 17.8 Å². The second-order valence-electron chi connectivity index (χ2n) is 6.99. The molecule has 22 heteroatoms. The van der Waals surface area contributed by atoms with Gasteiger partial charge in [-0.15, -0.1) is 6.42 Å². The largest absolute Gasteiger partial charge is 0.490 e. The van der Waals surface area contributed by atoms with Crippen LogP contribution in [0, 0.1) is 17.0 Å². The third-order valence-corrected chi connectivity index (χ3v) is 8.71. The molecule has 35 heavy (non-hydrogen) atoms. The molecular weight excluding hydrogens is 562 g/mol. The fourth-order valence-electron chi connectivity index (χ4n) is 3.18. The van der Waals surface area contributed by atoms with E-state index >= 15 is 4.39 Å². The molecule has 194 valence electrons. The molecule has 3 unspecified atom stereocenters. The normalized spacial score (nSPS) is 29.4. The van der Waals surface area contributed by atoms with Crippen molar-refractivity contribution in [2.75, 3.05) is 5.73 Å². The summed E-state index contributed by atoms with van der Waals surface area (Å²) in [4.78, 5) is 46.6. The topological polar surface area (TPSA) is 262 Å². The molecular formula is C13H17FN5O12P3S. The second kappa shape index (κ2) is 9.36. The number of aromatic nitrogens is 4. The molecule has 1 aliphatic heterocycles. The van der Waals surface area contributed by atoms with Crippen LogP contribution in [0.3, 0.4) is 0 Å². The number of fused-ring (bicyclic) bond motifs is 1. The third kappa shape index (κ3) is 5.87. The zero-order chi connectivity index (χ0) is 26.6. The first kappa shape index (κ1) is 28.0. The molecule has 3 heterocycles. The van der Waals surface area contributed by atoms with E-state index in [4.69, 9.17) is 38.9 Å². The van der Waals surface area contributed by atoms with Crippen LogP contribution in [0.4, 0.5) is 10.3 Å². The number of nitrogens with one attached hydrogen (secondary N) is 1. The van der Waals surface area contributed by atoms with Crippen LogP contribution in [0.15, 0.2) is 6.33 Å².